The molecule has 3 rings (SSSR count). The van der Waals surface area contributed by atoms with Crippen LogP contribution >= 0.6 is 11.3 Å². The predicted octanol–water partition coefficient (Wildman–Crippen LogP) is -0.398. The molecule has 1 saturated heterocycles. The Labute approximate surface area is 140 Å². The first-order valence-corrected chi connectivity index (χ1v) is 8.84. The molecule has 7 heteroatoms. The van der Waals surface area contributed by atoms with Gasteiger partial charge in [-0.2, -0.15) is 0 Å². The zero-order valence-corrected chi connectivity index (χ0v) is 13.9. The molecule has 23 heavy (non-hydrogen) atoms. The first kappa shape index (κ1) is 15.9. The Morgan fingerprint density at radius 3 is 2.74 bits per heavy atom. The van der Waals surface area contributed by atoms with Gasteiger partial charge in [0.1, 0.15) is 0 Å². The molecular formula is C16H22N5OS+. The van der Waals surface area contributed by atoms with Crippen LogP contribution in [0.15, 0.2) is 36.0 Å². The third-order valence-corrected chi connectivity index (χ3v) is 4.93. The summed E-state index contributed by atoms with van der Waals surface area (Å²) in [6.45, 7) is 4.93. The fraction of sp³-hybridized carbons (Fsp3) is 0.438. The van der Waals surface area contributed by atoms with Gasteiger partial charge in [0.2, 0.25) is 5.95 Å². The molecule has 2 aromatic heterocycles. The quantitative estimate of drug-likeness (QED) is 0.756. The van der Waals surface area contributed by atoms with E-state index in [4.69, 9.17) is 0 Å². The van der Waals surface area contributed by atoms with Gasteiger partial charge in [-0.3, -0.25) is 4.79 Å². The summed E-state index contributed by atoms with van der Waals surface area (Å²) in [4.78, 5) is 25.4. The topological polar surface area (TPSA) is 62.6 Å². The lowest BCUT2D eigenvalue weighted by atomic mass is 10.3. The second-order valence-electron chi connectivity index (χ2n) is 5.64. The van der Waals surface area contributed by atoms with Crippen LogP contribution in [0.25, 0.3) is 0 Å². The molecule has 0 unspecified atom stereocenters. The van der Waals surface area contributed by atoms with Gasteiger partial charge in [0.05, 0.1) is 26.2 Å². The SMILES string of the molecule is O=C(C[NH+]1CCN(c2ncccn2)CC1)NCCc1cccs1. The van der Waals surface area contributed by atoms with Gasteiger partial charge in [-0.15, -0.1) is 11.3 Å². The first-order chi connectivity index (χ1) is 11.3. The van der Waals surface area contributed by atoms with Crippen LogP contribution in [0.1, 0.15) is 4.88 Å². The van der Waals surface area contributed by atoms with Crippen LogP contribution in [-0.4, -0.2) is 55.1 Å². The number of aromatic nitrogens is 2. The highest BCUT2D eigenvalue weighted by molar-refractivity contribution is 7.09. The number of anilines is 1. The van der Waals surface area contributed by atoms with Crippen molar-refractivity contribution in [3.8, 4) is 0 Å². The molecule has 3 heterocycles. The molecule has 1 aliphatic heterocycles. The number of hydrogen-bond acceptors (Lipinski definition) is 5. The van der Waals surface area contributed by atoms with Crippen LogP contribution < -0.4 is 15.1 Å². The number of hydrogen-bond donors (Lipinski definition) is 2. The number of carbonyl (C=O) groups is 1. The minimum absolute atomic E-state index is 0.140. The number of piperazine rings is 1. The summed E-state index contributed by atoms with van der Waals surface area (Å²) >= 11 is 1.73. The molecular weight excluding hydrogens is 310 g/mol. The Balaban J connectivity index is 1.36. The fourth-order valence-corrected chi connectivity index (χ4v) is 3.43. The Hall–Kier alpha value is -1.99. The van der Waals surface area contributed by atoms with Crippen molar-refractivity contribution in [1.82, 2.24) is 15.3 Å². The van der Waals surface area contributed by atoms with Crippen molar-refractivity contribution in [3.63, 3.8) is 0 Å². The largest absolute Gasteiger partial charge is 0.351 e. The van der Waals surface area contributed by atoms with Gasteiger partial charge in [0, 0.05) is 23.8 Å². The van der Waals surface area contributed by atoms with Crippen molar-refractivity contribution >= 4 is 23.2 Å². The summed E-state index contributed by atoms with van der Waals surface area (Å²) in [5.74, 6) is 0.924. The van der Waals surface area contributed by atoms with E-state index in [2.05, 4.69) is 31.6 Å². The fourth-order valence-electron chi connectivity index (χ4n) is 2.72. The normalized spacial score (nSPS) is 15.6. The van der Waals surface area contributed by atoms with Gasteiger partial charge in [-0.25, -0.2) is 9.97 Å². The highest BCUT2D eigenvalue weighted by atomic mass is 32.1. The predicted molar refractivity (Wildman–Crippen MR) is 90.8 cm³/mol. The highest BCUT2D eigenvalue weighted by Crippen LogP contribution is 2.08. The zero-order chi connectivity index (χ0) is 15.9. The molecule has 122 valence electrons. The number of amides is 1. The van der Waals surface area contributed by atoms with E-state index >= 15 is 0 Å². The van der Waals surface area contributed by atoms with E-state index in [-0.39, 0.29) is 5.91 Å². The molecule has 1 amide bonds. The van der Waals surface area contributed by atoms with Crippen molar-refractivity contribution in [2.24, 2.45) is 0 Å². The van der Waals surface area contributed by atoms with Crippen molar-refractivity contribution in [2.75, 3.05) is 44.2 Å². The first-order valence-electron chi connectivity index (χ1n) is 7.96. The summed E-state index contributed by atoms with van der Waals surface area (Å²) in [7, 11) is 0. The Bertz CT molecular complexity index is 596. The number of rotatable bonds is 6. The molecule has 0 atom stereocenters. The lowest BCUT2D eigenvalue weighted by Gasteiger charge is -2.31. The van der Waals surface area contributed by atoms with E-state index in [9.17, 15) is 4.79 Å². The van der Waals surface area contributed by atoms with Crippen molar-refractivity contribution in [1.29, 1.82) is 0 Å². The Kier molecular flexibility index (Phi) is 5.55. The van der Waals surface area contributed by atoms with Gasteiger partial charge < -0.3 is 15.1 Å². The van der Waals surface area contributed by atoms with Crippen LogP contribution in [-0.2, 0) is 11.2 Å². The third kappa shape index (κ3) is 4.74. The minimum Gasteiger partial charge on any atom is -0.351 e. The molecule has 2 aromatic rings. The maximum Gasteiger partial charge on any atom is 0.275 e. The Morgan fingerprint density at radius 2 is 2.04 bits per heavy atom. The third-order valence-electron chi connectivity index (χ3n) is 3.99. The van der Waals surface area contributed by atoms with E-state index in [0.717, 1.165) is 45.1 Å². The smallest absolute Gasteiger partial charge is 0.275 e. The molecule has 1 fully saturated rings. The van der Waals surface area contributed by atoms with E-state index in [1.807, 2.05) is 12.1 Å². The summed E-state index contributed by atoms with van der Waals surface area (Å²) in [6.07, 6.45) is 4.45. The van der Waals surface area contributed by atoms with Gasteiger partial charge in [-0.1, -0.05) is 6.07 Å². The van der Waals surface area contributed by atoms with Crippen molar-refractivity contribution in [2.45, 2.75) is 6.42 Å². The highest BCUT2D eigenvalue weighted by Gasteiger charge is 2.23. The van der Waals surface area contributed by atoms with Crippen molar-refractivity contribution in [3.05, 3.63) is 40.8 Å². The van der Waals surface area contributed by atoms with Crippen LogP contribution in [0.5, 0.6) is 0 Å². The summed E-state index contributed by atoms with van der Waals surface area (Å²) in [6, 6.07) is 5.97. The van der Waals surface area contributed by atoms with Gasteiger partial charge in [0.25, 0.3) is 5.91 Å². The maximum absolute atomic E-state index is 12.0. The second kappa shape index (κ2) is 8.03. The van der Waals surface area contributed by atoms with Crippen LogP contribution in [0.3, 0.4) is 0 Å². The van der Waals surface area contributed by atoms with E-state index in [1.165, 1.54) is 9.78 Å². The lowest BCUT2D eigenvalue weighted by Crippen LogP contribution is -3.16. The molecule has 6 nitrogen and oxygen atoms in total. The Morgan fingerprint density at radius 1 is 1.26 bits per heavy atom. The van der Waals surface area contributed by atoms with Gasteiger partial charge in [-0.05, 0) is 23.9 Å². The molecule has 0 saturated carbocycles. The zero-order valence-electron chi connectivity index (χ0n) is 13.1. The van der Waals surface area contributed by atoms with Crippen LogP contribution in [0, 0.1) is 0 Å². The lowest BCUT2D eigenvalue weighted by molar-refractivity contribution is -0.892. The average Bonchev–Trinajstić information content (AvgIpc) is 3.10. The van der Waals surface area contributed by atoms with E-state index < -0.39 is 0 Å². The van der Waals surface area contributed by atoms with E-state index in [1.54, 1.807) is 23.7 Å². The number of quaternary nitrogens is 1. The van der Waals surface area contributed by atoms with Gasteiger partial charge >= 0.3 is 0 Å². The maximum atomic E-state index is 12.0. The number of thiophene rings is 1. The number of nitrogens with zero attached hydrogens (tertiary/aromatic N) is 3. The van der Waals surface area contributed by atoms with Crippen molar-refractivity contribution < 1.29 is 9.69 Å². The number of carbonyl (C=O) groups excluding carboxylic acids is 1. The molecule has 0 bridgehead atoms. The molecule has 0 aromatic carbocycles. The summed E-state index contributed by atoms with van der Waals surface area (Å²) in [5.41, 5.74) is 0. The van der Waals surface area contributed by atoms with Crippen LogP contribution in [0.2, 0.25) is 0 Å². The van der Waals surface area contributed by atoms with Gasteiger partial charge in [0.15, 0.2) is 6.54 Å². The molecule has 0 spiro atoms. The monoisotopic (exact) mass is 332 g/mol. The molecule has 1 aliphatic rings. The molecule has 2 N–H and O–H groups in total. The standard InChI is InChI=1S/C16H21N5OS/c22-15(17-7-4-14-3-1-12-23-14)13-20-8-10-21(11-9-20)16-18-5-2-6-19-16/h1-3,5-6,12H,4,7-11,13H2,(H,17,22)/p+1. The summed E-state index contributed by atoms with van der Waals surface area (Å²) in [5, 5.41) is 5.09. The molecule has 0 aliphatic carbocycles. The summed E-state index contributed by atoms with van der Waals surface area (Å²) < 4.78 is 0. The van der Waals surface area contributed by atoms with E-state index in [0.29, 0.717) is 6.54 Å². The second-order valence-corrected chi connectivity index (χ2v) is 6.67. The average molecular weight is 332 g/mol. The molecule has 0 radical (unpaired) electrons. The minimum atomic E-state index is 0.140. The number of nitrogens with one attached hydrogen (secondary N) is 2. The van der Waals surface area contributed by atoms with Crippen LogP contribution in [0.4, 0.5) is 5.95 Å².